The van der Waals surface area contributed by atoms with Crippen molar-refractivity contribution < 1.29 is 24.3 Å². The number of nitrogens with zero attached hydrogens (tertiary/aromatic N) is 1. The number of likely N-dealkylation sites (N-methyl/N-ethyl adjacent to an activating group) is 1. The lowest BCUT2D eigenvalue weighted by Gasteiger charge is -2.34. The lowest BCUT2D eigenvalue weighted by Crippen LogP contribution is -2.55. The van der Waals surface area contributed by atoms with Crippen LogP contribution in [-0.4, -0.2) is 54.6 Å². The van der Waals surface area contributed by atoms with Crippen LogP contribution in [0.3, 0.4) is 0 Å². The van der Waals surface area contributed by atoms with E-state index in [4.69, 9.17) is 0 Å². The predicted octanol–water partition coefficient (Wildman–Crippen LogP) is 2.39. The van der Waals surface area contributed by atoms with Crippen LogP contribution in [-0.2, 0) is 9.59 Å². The van der Waals surface area contributed by atoms with E-state index < -0.39 is 23.8 Å². The Labute approximate surface area is 159 Å². The van der Waals surface area contributed by atoms with Gasteiger partial charge in [0, 0.05) is 12.4 Å². The molecule has 0 spiro atoms. The van der Waals surface area contributed by atoms with E-state index in [1.807, 2.05) is 6.08 Å². The first-order chi connectivity index (χ1) is 12.1. The fraction of sp³-hybridized carbons (Fsp3) is 0.714. The molecule has 1 N–H and O–H groups in total. The Balaban J connectivity index is 4.33. The summed E-state index contributed by atoms with van der Waals surface area (Å²) in [6, 6.07) is 0. The molecule has 0 aromatic carbocycles. The van der Waals surface area contributed by atoms with E-state index in [9.17, 15) is 19.8 Å². The summed E-state index contributed by atoms with van der Waals surface area (Å²) in [4.78, 5) is 23.2. The third-order valence-electron chi connectivity index (χ3n) is 4.10. The Morgan fingerprint density at radius 3 is 2.12 bits per heavy atom. The minimum Gasteiger partial charge on any atom is -0.550 e. The van der Waals surface area contributed by atoms with Crippen molar-refractivity contribution >= 4 is 11.8 Å². The normalized spacial score (nSPS) is 14.8. The van der Waals surface area contributed by atoms with E-state index in [1.165, 1.54) is 44.6 Å². The zero-order valence-corrected chi connectivity index (χ0v) is 17.0. The van der Waals surface area contributed by atoms with Gasteiger partial charge in [0.25, 0.3) is 0 Å². The summed E-state index contributed by atoms with van der Waals surface area (Å²) >= 11 is 0. The first kappa shape index (κ1) is 24.5. The molecule has 0 radical (unpaired) electrons. The number of carboxylic acid groups (broad SMARTS) is 1. The fourth-order valence-corrected chi connectivity index (χ4v) is 2.94. The van der Waals surface area contributed by atoms with Gasteiger partial charge in [-0.15, -0.1) is 0 Å². The molecule has 0 fully saturated rings. The smallest absolute Gasteiger partial charge is 0.193 e. The second-order valence-corrected chi connectivity index (χ2v) is 8.09. The Morgan fingerprint density at radius 2 is 1.58 bits per heavy atom. The molecule has 0 rings (SSSR count). The lowest BCUT2D eigenvalue weighted by atomic mass is 9.92. The quantitative estimate of drug-likeness (QED) is 0.209. The second-order valence-electron chi connectivity index (χ2n) is 8.09. The molecule has 0 unspecified atom stereocenters. The fourth-order valence-electron chi connectivity index (χ4n) is 2.94. The number of rotatable bonds is 15. The molecule has 0 heterocycles. The molecule has 5 heteroatoms. The average molecular weight is 368 g/mol. The Bertz CT molecular complexity index is 477. The maximum Gasteiger partial charge on any atom is 0.193 e. The van der Waals surface area contributed by atoms with Crippen molar-refractivity contribution in [2.24, 2.45) is 0 Å². The number of aliphatic hydroxyl groups is 1. The molecule has 0 saturated carbocycles. The molecule has 0 aliphatic carbocycles. The molecule has 26 heavy (non-hydrogen) atoms. The number of hydrogen-bond donors (Lipinski definition) is 1. The van der Waals surface area contributed by atoms with Crippen LogP contribution in [0.2, 0.25) is 0 Å². The van der Waals surface area contributed by atoms with Crippen molar-refractivity contribution in [3.63, 3.8) is 0 Å². The summed E-state index contributed by atoms with van der Waals surface area (Å²) in [6.07, 6.45) is 15.6. The number of carboxylic acids is 1. The van der Waals surface area contributed by atoms with Crippen molar-refractivity contribution in [3.05, 3.63) is 24.3 Å². The van der Waals surface area contributed by atoms with Crippen LogP contribution < -0.4 is 5.11 Å². The topological polar surface area (TPSA) is 77.4 Å². The van der Waals surface area contributed by atoms with Gasteiger partial charge in [0.1, 0.15) is 6.54 Å². The van der Waals surface area contributed by atoms with Crippen LogP contribution in [0.1, 0.15) is 64.7 Å². The molecule has 0 aliphatic rings. The minimum absolute atomic E-state index is 0.00585. The molecule has 1 atom stereocenters. The monoisotopic (exact) mass is 367 g/mol. The van der Waals surface area contributed by atoms with Gasteiger partial charge in [-0.25, -0.2) is 0 Å². The SMILES string of the molecule is CCCCCCCCC/C=C/C=C\C(=O)[C@@](O)(CC(=O)[O-])C[N+](C)(C)C. The van der Waals surface area contributed by atoms with Crippen molar-refractivity contribution in [1.29, 1.82) is 0 Å². The number of hydrogen-bond acceptors (Lipinski definition) is 4. The third-order valence-corrected chi connectivity index (χ3v) is 4.10. The molecule has 0 amide bonds. The van der Waals surface area contributed by atoms with E-state index in [0.29, 0.717) is 0 Å². The number of ketones is 1. The van der Waals surface area contributed by atoms with E-state index in [0.717, 1.165) is 12.8 Å². The van der Waals surface area contributed by atoms with E-state index in [2.05, 4.69) is 6.92 Å². The summed E-state index contributed by atoms with van der Waals surface area (Å²) in [5, 5.41) is 21.4. The summed E-state index contributed by atoms with van der Waals surface area (Å²) in [5.74, 6) is -2.03. The number of aliphatic carboxylic acids is 1. The van der Waals surface area contributed by atoms with Crippen molar-refractivity contribution in [2.45, 2.75) is 70.3 Å². The number of allylic oxidation sites excluding steroid dienone is 3. The molecule has 5 nitrogen and oxygen atoms in total. The number of carbonyl (C=O) groups is 2. The minimum atomic E-state index is -1.94. The molecule has 0 aliphatic heterocycles. The van der Waals surface area contributed by atoms with Crippen LogP contribution in [0.25, 0.3) is 0 Å². The standard InChI is InChI=1S/C21H37NO4/c1-5-6-7-8-9-10-11-12-13-14-15-16-19(23)21(26,17-20(24)25)18-22(2,3)4/h13-16,26H,5-12,17-18H2,1-4H3/b14-13+,16-15-/t21-/m1/s1. The lowest BCUT2D eigenvalue weighted by molar-refractivity contribution is -0.875. The first-order valence-electron chi connectivity index (χ1n) is 9.71. The molecule has 150 valence electrons. The molecule has 0 aromatic rings. The van der Waals surface area contributed by atoms with Crippen LogP contribution in [0.15, 0.2) is 24.3 Å². The highest BCUT2D eigenvalue weighted by Crippen LogP contribution is 2.16. The van der Waals surface area contributed by atoms with Crippen molar-refractivity contribution in [3.8, 4) is 0 Å². The highest BCUT2D eigenvalue weighted by atomic mass is 16.4. The van der Waals surface area contributed by atoms with Crippen LogP contribution >= 0.6 is 0 Å². The summed E-state index contributed by atoms with van der Waals surface area (Å²) in [6.45, 7) is 2.22. The van der Waals surface area contributed by atoms with Gasteiger partial charge in [0.2, 0.25) is 0 Å². The number of carbonyl (C=O) groups excluding carboxylic acids is 2. The van der Waals surface area contributed by atoms with Crippen molar-refractivity contribution in [2.75, 3.05) is 27.7 Å². The summed E-state index contributed by atoms with van der Waals surface area (Å²) < 4.78 is 0.275. The van der Waals surface area contributed by atoms with Gasteiger partial charge in [-0.2, -0.15) is 0 Å². The van der Waals surface area contributed by atoms with E-state index >= 15 is 0 Å². The highest BCUT2D eigenvalue weighted by Gasteiger charge is 2.39. The largest absolute Gasteiger partial charge is 0.550 e. The van der Waals surface area contributed by atoms with Gasteiger partial charge in [0.15, 0.2) is 11.4 Å². The van der Waals surface area contributed by atoms with Crippen LogP contribution in [0.5, 0.6) is 0 Å². The Kier molecular flexibility index (Phi) is 12.1. The van der Waals surface area contributed by atoms with Crippen LogP contribution in [0.4, 0.5) is 0 Å². The third kappa shape index (κ3) is 12.8. The maximum atomic E-state index is 12.3. The second kappa shape index (κ2) is 12.8. The zero-order chi connectivity index (χ0) is 20.1. The molecule has 0 saturated heterocycles. The summed E-state index contributed by atoms with van der Waals surface area (Å²) in [5.41, 5.74) is -1.94. The van der Waals surface area contributed by atoms with Gasteiger partial charge in [0.05, 0.1) is 21.1 Å². The molecule has 0 aromatic heterocycles. The van der Waals surface area contributed by atoms with Gasteiger partial charge in [-0.1, -0.05) is 63.7 Å². The number of quaternary nitrogens is 1. The molecular weight excluding hydrogens is 330 g/mol. The summed E-state index contributed by atoms with van der Waals surface area (Å²) in [7, 11) is 5.37. The van der Waals surface area contributed by atoms with Gasteiger partial charge in [-0.3, -0.25) is 4.79 Å². The van der Waals surface area contributed by atoms with Gasteiger partial charge in [-0.05, 0) is 18.9 Å². The highest BCUT2D eigenvalue weighted by molar-refractivity contribution is 5.99. The zero-order valence-electron chi connectivity index (χ0n) is 17.0. The average Bonchev–Trinajstić information content (AvgIpc) is 2.49. The van der Waals surface area contributed by atoms with Crippen LogP contribution in [0, 0.1) is 0 Å². The molecular formula is C21H37NO4. The molecule has 0 bridgehead atoms. The van der Waals surface area contributed by atoms with Gasteiger partial charge >= 0.3 is 0 Å². The first-order valence-corrected chi connectivity index (χ1v) is 9.71. The van der Waals surface area contributed by atoms with Crippen molar-refractivity contribution in [1.82, 2.24) is 0 Å². The van der Waals surface area contributed by atoms with Gasteiger partial charge < -0.3 is 19.5 Å². The predicted molar refractivity (Wildman–Crippen MR) is 103 cm³/mol. The number of unbranched alkanes of at least 4 members (excludes halogenated alkanes) is 7. The van der Waals surface area contributed by atoms with E-state index in [1.54, 1.807) is 33.3 Å². The van der Waals surface area contributed by atoms with E-state index in [-0.39, 0.29) is 11.0 Å². The Morgan fingerprint density at radius 1 is 1.00 bits per heavy atom. The Hall–Kier alpha value is -1.46. The maximum absolute atomic E-state index is 12.3.